The highest BCUT2D eigenvalue weighted by molar-refractivity contribution is 7.47. The molecule has 9 nitrogen and oxygen atoms in total. The van der Waals surface area contributed by atoms with E-state index in [4.69, 9.17) is 23.6 Å². The average Bonchev–Trinajstić information content (AvgIpc) is 3.09. The Morgan fingerprint density at radius 3 is 1.33 bits per heavy atom. The number of phosphoric ester groups is 1. The van der Waals surface area contributed by atoms with Crippen LogP contribution in [-0.4, -0.2) is 66.3 Å². The van der Waals surface area contributed by atoms with Crippen molar-refractivity contribution in [2.75, 3.05) is 33.0 Å². The van der Waals surface area contributed by atoms with Crippen LogP contribution >= 0.6 is 7.82 Å². The van der Waals surface area contributed by atoms with Gasteiger partial charge in [-0.25, -0.2) is 4.57 Å². The van der Waals surface area contributed by atoms with Crippen molar-refractivity contribution in [1.82, 2.24) is 0 Å². The Hall–Kier alpha value is -0.540. The molecule has 0 radical (unpaired) electrons. The van der Waals surface area contributed by atoms with E-state index in [0.29, 0.717) is 6.61 Å². The molecule has 3 N–H and O–H groups in total. The first-order chi connectivity index (χ1) is 23.8. The van der Waals surface area contributed by atoms with E-state index < -0.39 is 33.2 Å². The highest BCUT2D eigenvalue weighted by atomic mass is 31.2. The van der Waals surface area contributed by atoms with Gasteiger partial charge in [0.15, 0.2) is 0 Å². The lowest BCUT2D eigenvalue weighted by atomic mass is 10.0. The van der Waals surface area contributed by atoms with Crippen molar-refractivity contribution in [3.05, 3.63) is 0 Å². The molecule has 0 rings (SSSR count). The van der Waals surface area contributed by atoms with E-state index in [-0.39, 0.29) is 25.6 Å². The predicted octanol–water partition coefficient (Wildman–Crippen LogP) is 10.8. The first-order valence-electron chi connectivity index (χ1n) is 20.5. The molecule has 0 spiro atoms. The van der Waals surface area contributed by atoms with Crippen molar-refractivity contribution in [2.24, 2.45) is 0 Å². The molecule has 0 aromatic carbocycles. The van der Waals surface area contributed by atoms with E-state index in [2.05, 4.69) is 13.8 Å². The number of phosphoric acid groups is 1. The molecule has 0 bridgehead atoms. The van der Waals surface area contributed by atoms with Gasteiger partial charge in [-0.1, -0.05) is 181 Å². The summed E-state index contributed by atoms with van der Waals surface area (Å²) in [5, 5.41) is 18.3. The van der Waals surface area contributed by atoms with Crippen molar-refractivity contribution in [3.63, 3.8) is 0 Å². The maximum absolute atomic E-state index is 12.5. The second-order valence-corrected chi connectivity index (χ2v) is 15.5. The number of aliphatic hydroxyl groups excluding tert-OH is 2. The van der Waals surface area contributed by atoms with Gasteiger partial charge in [0.25, 0.3) is 0 Å². The highest BCUT2D eigenvalue weighted by Crippen LogP contribution is 2.43. The van der Waals surface area contributed by atoms with Crippen molar-refractivity contribution < 1.29 is 43.0 Å². The van der Waals surface area contributed by atoms with Crippen molar-refractivity contribution >= 4 is 13.8 Å². The number of ether oxygens (including phenoxy) is 2. The minimum Gasteiger partial charge on any atom is -0.457 e. The van der Waals surface area contributed by atoms with Gasteiger partial charge < -0.3 is 24.6 Å². The topological polar surface area (TPSA) is 132 Å². The van der Waals surface area contributed by atoms with Gasteiger partial charge in [0.2, 0.25) is 0 Å². The summed E-state index contributed by atoms with van der Waals surface area (Å²) in [4.78, 5) is 22.4. The number of esters is 1. The van der Waals surface area contributed by atoms with E-state index in [1.54, 1.807) is 0 Å². The maximum Gasteiger partial charge on any atom is 0.472 e. The molecule has 0 heterocycles. The van der Waals surface area contributed by atoms with Gasteiger partial charge in [-0.15, -0.1) is 0 Å². The lowest BCUT2D eigenvalue weighted by Crippen LogP contribution is -2.29. The Labute approximate surface area is 301 Å². The Bertz CT molecular complexity index is 739. The van der Waals surface area contributed by atoms with Crippen LogP contribution in [0.25, 0.3) is 0 Å². The molecule has 0 aliphatic rings. The molecule has 0 aromatic heterocycles. The molecule has 0 aromatic rings. The lowest BCUT2D eigenvalue weighted by Gasteiger charge is -2.20. The van der Waals surface area contributed by atoms with Crippen LogP contribution in [0.4, 0.5) is 0 Å². The molecule has 0 aliphatic carbocycles. The molecule has 10 heteroatoms. The standard InChI is InChI=1S/C39H79O9P/c1-3-5-7-9-11-13-14-15-16-17-18-19-20-21-22-23-24-26-28-30-32-45-35-38(36-47-49(43,44)46-34-37(41)33-40)48-39(42)31-29-27-25-12-10-8-6-4-2/h37-38,40-41H,3-36H2,1-2H3,(H,43,44)/t37-,38+/m0/s1. The fourth-order valence-electron chi connectivity index (χ4n) is 5.89. The smallest absolute Gasteiger partial charge is 0.457 e. The van der Waals surface area contributed by atoms with Crippen LogP contribution in [0.5, 0.6) is 0 Å². The molecule has 1 unspecified atom stereocenters. The second-order valence-electron chi connectivity index (χ2n) is 14.0. The fourth-order valence-corrected chi connectivity index (χ4v) is 6.68. The largest absolute Gasteiger partial charge is 0.472 e. The zero-order valence-electron chi connectivity index (χ0n) is 31.9. The summed E-state index contributed by atoms with van der Waals surface area (Å²) in [5.74, 6) is -0.383. The van der Waals surface area contributed by atoms with E-state index >= 15 is 0 Å². The Morgan fingerprint density at radius 1 is 0.551 bits per heavy atom. The number of carbonyl (C=O) groups excluding carboxylic acids is 1. The molecular weight excluding hydrogens is 643 g/mol. The minimum absolute atomic E-state index is 0.0571. The van der Waals surface area contributed by atoms with Gasteiger partial charge in [-0.2, -0.15) is 0 Å². The Balaban J connectivity index is 4.00. The van der Waals surface area contributed by atoms with Crippen LogP contribution in [0, 0.1) is 0 Å². The quantitative estimate of drug-likeness (QED) is 0.0321. The summed E-state index contributed by atoms with van der Waals surface area (Å²) in [7, 11) is -4.50. The molecule has 0 aliphatic heterocycles. The first-order valence-corrected chi connectivity index (χ1v) is 22.0. The number of unbranched alkanes of at least 4 members (excludes halogenated alkanes) is 26. The molecule has 49 heavy (non-hydrogen) atoms. The third-order valence-corrected chi connectivity index (χ3v) is 9.99. The molecule has 3 atom stereocenters. The van der Waals surface area contributed by atoms with Crippen molar-refractivity contribution in [2.45, 2.75) is 212 Å². The van der Waals surface area contributed by atoms with Gasteiger partial charge in [0, 0.05) is 13.0 Å². The summed E-state index contributed by atoms with van der Waals surface area (Å²) < 4.78 is 33.2. The van der Waals surface area contributed by atoms with Crippen molar-refractivity contribution in [3.8, 4) is 0 Å². The maximum atomic E-state index is 12.5. The minimum atomic E-state index is -4.50. The summed E-state index contributed by atoms with van der Waals surface area (Å²) in [6.45, 7) is 3.52. The summed E-state index contributed by atoms with van der Waals surface area (Å²) in [5.41, 5.74) is 0. The van der Waals surface area contributed by atoms with E-state index in [1.807, 2.05) is 0 Å². The molecule has 294 valence electrons. The average molecular weight is 723 g/mol. The number of hydrogen-bond acceptors (Lipinski definition) is 8. The summed E-state index contributed by atoms with van der Waals surface area (Å²) in [6, 6.07) is 0. The molecule has 0 fully saturated rings. The number of rotatable bonds is 40. The molecule has 0 amide bonds. The lowest BCUT2D eigenvalue weighted by molar-refractivity contribution is -0.154. The number of aliphatic hydroxyl groups is 2. The Kier molecular flexibility index (Phi) is 36.8. The third-order valence-electron chi connectivity index (χ3n) is 9.04. The molecule has 0 saturated carbocycles. The van der Waals surface area contributed by atoms with E-state index in [1.165, 1.54) is 148 Å². The SMILES string of the molecule is CCCCCCCCCCCCCCCCCCCCCCOC[C@H](COP(=O)(O)OC[C@@H](O)CO)OC(=O)CCCCCCCCCC. The highest BCUT2D eigenvalue weighted by Gasteiger charge is 2.26. The third kappa shape index (κ3) is 37.0. The van der Waals surface area contributed by atoms with Gasteiger partial charge >= 0.3 is 13.8 Å². The van der Waals surface area contributed by atoms with Crippen LogP contribution in [0.1, 0.15) is 200 Å². The van der Waals surface area contributed by atoms with E-state index in [9.17, 15) is 19.4 Å². The molecule has 0 saturated heterocycles. The van der Waals surface area contributed by atoms with Crippen molar-refractivity contribution in [1.29, 1.82) is 0 Å². The van der Waals surface area contributed by atoms with Crippen LogP contribution in [0.15, 0.2) is 0 Å². The number of carbonyl (C=O) groups is 1. The van der Waals surface area contributed by atoms with E-state index in [0.717, 1.165) is 32.1 Å². The van der Waals surface area contributed by atoms with Crippen LogP contribution < -0.4 is 0 Å². The monoisotopic (exact) mass is 723 g/mol. The van der Waals surface area contributed by atoms with Gasteiger partial charge in [-0.3, -0.25) is 13.8 Å². The van der Waals surface area contributed by atoms with Gasteiger partial charge in [0.05, 0.1) is 26.4 Å². The zero-order valence-corrected chi connectivity index (χ0v) is 32.8. The van der Waals surface area contributed by atoms with Crippen LogP contribution in [-0.2, 0) is 27.9 Å². The first kappa shape index (κ1) is 48.5. The predicted molar refractivity (Wildman–Crippen MR) is 201 cm³/mol. The Morgan fingerprint density at radius 2 is 0.918 bits per heavy atom. The van der Waals surface area contributed by atoms with Crippen LogP contribution in [0.2, 0.25) is 0 Å². The van der Waals surface area contributed by atoms with Gasteiger partial charge in [0.1, 0.15) is 12.2 Å². The zero-order chi connectivity index (χ0) is 36.1. The molecular formula is C39H79O9P. The fraction of sp³-hybridized carbons (Fsp3) is 0.974. The number of hydrogen-bond donors (Lipinski definition) is 3. The summed E-state index contributed by atoms with van der Waals surface area (Å²) >= 11 is 0. The summed E-state index contributed by atoms with van der Waals surface area (Å²) in [6.07, 6.45) is 33.7. The normalized spacial score (nSPS) is 14.1. The second kappa shape index (κ2) is 37.2. The van der Waals surface area contributed by atoms with Gasteiger partial charge in [-0.05, 0) is 12.8 Å². The van der Waals surface area contributed by atoms with Crippen LogP contribution in [0.3, 0.4) is 0 Å².